The van der Waals surface area contributed by atoms with Crippen LogP contribution in [-0.2, 0) is 26.0 Å². The monoisotopic (exact) mass is 589 g/mol. The van der Waals surface area contributed by atoms with E-state index in [9.17, 15) is 18.0 Å². The molecule has 0 aromatic heterocycles. The molecule has 5 rings (SSSR count). The third kappa shape index (κ3) is 6.52. The lowest BCUT2D eigenvalue weighted by Crippen LogP contribution is -2.53. The molecule has 3 unspecified atom stereocenters. The zero-order valence-electron chi connectivity index (χ0n) is 24.4. The van der Waals surface area contributed by atoms with Gasteiger partial charge in [0.05, 0.1) is 28.6 Å². The van der Waals surface area contributed by atoms with Crippen LogP contribution >= 0.6 is 0 Å². The molecule has 3 aromatic rings. The van der Waals surface area contributed by atoms with Gasteiger partial charge in [0, 0.05) is 13.1 Å². The first kappa shape index (κ1) is 29.8. The minimum absolute atomic E-state index is 0.0753. The summed E-state index contributed by atoms with van der Waals surface area (Å²) in [5.74, 6) is -0.730. The maximum absolute atomic E-state index is 13.8. The summed E-state index contributed by atoms with van der Waals surface area (Å²) in [5, 5.41) is 3.06. The van der Waals surface area contributed by atoms with Gasteiger partial charge < -0.3 is 10.1 Å². The zero-order valence-corrected chi connectivity index (χ0v) is 25.2. The number of ether oxygens (including phenoxy) is 1. The van der Waals surface area contributed by atoms with Crippen LogP contribution in [0.2, 0.25) is 0 Å². The van der Waals surface area contributed by atoms with Crippen molar-refractivity contribution in [3.63, 3.8) is 0 Å². The van der Waals surface area contributed by atoms with Gasteiger partial charge in [-0.3, -0.25) is 9.69 Å². The van der Waals surface area contributed by atoms with Gasteiger partial charge in [0.15, 0.2) is 0 Å². The van der Waals surface area contributed by atoms with Gasteiger partial charge >= 0.3 is 6.09 Å². The molecule has 2 aliphatic rings. The number of aryl methyl sites for hydroxylation is 1. The first-order valence-corrected chi connectivity index (χ1v) is 16.0. The Morgan fingerprint density at radius 3 is 2.21 bits per heavy atom. The van der Waals surface area contributed by atoms with E-state index < -0.39 is 27.6 Å². The number of fused-ring (bicyclic) bond motifs is 1. The summed E-state index contributed by atoms with van der Waals surface area (Å²) in [6, 6.07) is 25.1. The van der Waals surface area contributed by atoms with Crippen LogP contribution in [0.25, 0.3) is 0 Å². The third-order valence-electron chi connectivity index (χ3n) is 7.91. The van der Waals surface area contributed by atoms with E-state index in [2.05, 4.69) is 5.32 Å². The molecule has 1 N–H and O–H groups in total. The minimum Gasteiger partial charge on any atom is -0.443 e. The van der Waals surface area contributed by atoms with Crippen molar-refractivity contribution >= 4 is 27.7 Å². The van der Waals surface area contributed by atoms with Crippen molar-refractivity contribution in [1.82, 2.24) is 9.62 Å². The highest BCUT2D eigenvalue weighted by molar-refractivity contribution is 7.89. The van der Waals surface area contributed by atoms with Gasteiger partial charge in [-0.05, 0) is 75.8 Å². The van der Waals surface area contributed by atoms with E-state index >= 15 is 0 Å². The van der Waals surface area contributed by atoms with E-state index in [0.29, 0.717) is 19.3 Å². The number of amides is 2. The number of carbonyl (C=O) groups is 2. The second-order valence-corrected chi connectivity index (χ2v) is 13.9. The Morgan fingerprint density at radius 2 is 1.52 bits per heavy atom. The number of hydrogen-bond acceptors (Lipinski definition) is 5. The Labute approximate surface area is 248 Å². The molecule has 9 heteroatoms. The lowest BCUT2D eigenvalue weighted by atomic mass is 9.90. The van der Waals surface area contributed by atoms with Crippen molar-refractivity contribution in [3.8, 4) is 0 Å². The van der Waals surface area contributed by atoms with Crippen molar-refractivity contribution in [1.29, 1.82) is 0 Å². The van der Waals surface area contributed by atoms with Crippen LogP contribution < -0.4 is 10.2 Å². The van der Waals surface area contributed by atoms with Gasteiger partial charge in [-0.15, -0.1) is 0 Å². The molecule has 1 fully saturated rings. The fourth-order valence-corrected chi connectivity index (χ4v) is 7.58. The predicted octanol–water partition coefficient (Wildman–Crippen LogP) is 5.70. The highest BCUT2D eigenvalue weighted by Gasteiger charge is 2.41. The zero-order chi connectivity index (χ0) is 29.9. The Hall–Kier alpha value is -3.69. The van der Waals surface area contributed by atoms with Crippen molar-refractivity contribution in [3.05, 3.63) is 96.1 Å². The van der Waals surface area contributed by atoms with Crippen molar-refractivity contribution < 1.29 is 22.7 Å². The van der Waals surface area contributed by atoms with E-state index in [-0.39, 0.29) is 36.0 Å². The Kier molecular flexibility index (Phi) is 8.70. The highest BCUT2D eigenvalue weighted by atomic mass is 32.2. The third-order valence-corrected chi connectivity index (χ3v) is 9.80. The lowest BCUT2D eigenvalue weighted by Gasteiger charge is -2.40. The smallest absolute Gasteiger partial charge is 0.415 e. The van der Waals surface area contributed by atoms with Gasteiger partial charge in [0.1, 0.15) is 5.60 Å². The van der Waals surface area contributed by atoms with E-state index in [4.69, 9.17) is 4.74 Å². The molecular weight excluding hydrogens is 550 g/mol. The van der Waals surface area contributed by atoms with Crippen LogP contribution in [0.5, 0.6) is 0 Å². The molecule has 8 nitrogen and oxygen atoms in total. The number of carbonyl (C=O) groups excluding carboxylic acids is 2. The van der Waals surface area contributed by atoms with Crippen LogP contribution in [0.1, 0.15) is 57.2 Å². The minimum atomic E-state index is -3.85. The molecule has 0 spiro atoms. The number of benzene rings is 3. The summed E-state index contributed by atoms with van der Waals surface area (Å²) in [4.78, 5) is 28.8. The fraction of sp³-hybridized carbons (Fsp3) is 0.394. The van der Waals surface area contributed by atoms with Gasteiger partial charge in [0.2, 0.25) is 15.9 Å². The lowest BCUT2D eigenvalue weighted by molar-refractivity contribution is -0.126. The van der Waals surface area contributed by atoms with Gasteiger partial charge in [-0.1, -0.05) is 66.7 Å². The van der Waals surface area contributed by atoms with Crippen LogP contribution in [0, 0.1) is 5.92 Å². The van der Waals surface area contributed by atoms with Crippen LogP contribution in [0.3, 0.4) is 0 Å². The number of sulfonamides is 1. The first-order chi connectivity index (χ1) is 20.0. The van der Waals surface area contributed by atoms with Crippen molar-refractivity contribution in [2.45, 2.75) is 69.0 Å². The Balaban J connectivity index is 1.34. The normalized spacial score (nSPS) is 21.3. The van der Waals surface area contributed by atoms with Crippen molar-refractivity contribution in [2.75, 3.05) is 18.0 Å². The first-order valence-electron chi connectivity index (χ1n) is 14.5. The number of rotatable bonds is 6. The molecule has 42 heavy (non-hydrogen) atoms. The molecular formula is C33H39N3O5S. The van der Waals surface area contributed by atoms with Gasteiger partial charge in [-0.25, -0.2) is 13.2 Å². The molecule has 1 saturated heterocycles. The van der Waals surface area contributed by atoms with Crippen LogP contribution in [0.4, 0.5) is 10.5 Å². The SMILES string of the molecule is CC(C)(C)OC(=O)N1c2ccccc2CCC1CNC(=O)C1CCC(c2ccccc2)N(S(=O)(=O)c2ccccc2)C1. The molecule has 2 aliphatic heterocycles. The number of piperidine rings is 1. The maximum Gasteiger partial charge on any atom is 0.415 e. The topological polar surface area (TPSA) is 96.0 Å². The van der Waals surface area contributed by atoms with Crippen LogP contribution in [0.15, 0.2) is 89.8 Å². The standard InChI is InChI=1S/C33H39N3O5S/c1-33(2,3)41-32(38)36-27(20-18-25-14-10-11-17-30(25)36)22-34-31(37)26-19-21-29(24-12-6-4-7-13-24)35(23-26)42(39,40)28-15-8-5-9-16-28/h4-17,26-27,29H,18-23H2,1-3H3,(H,34,37). The summed E-state index contributed by atoms with van der Waals surface area (Å²) >= 11 is 0. The number of nitrogens with zero attached hydrogens (tertiary/aromatic N) is 2. The van der Waals surface area contributed by atoms with Gasteiger partial charge in [-0.2, -0.15) is 4.31 Å². The molecule has 0 radical (unpaired) electrons. The molecule has 3 atom stereocenters. The number of para-hydroxylation sites is 1. The summed E-state index contributed by atoms with van der Waals surface area (Å²) in [6.45, 7) is 5.82. The number of hydrogen-bond donors (Lipinski definition) is 1. The maximum atomic E-state index is 13.8. The molecule has 0 saturated carbocycles. The van der Waals surface area contributed by atoms with Gasteiger partial charge in [0.25, 0.3) is 0 Å². The Morgan fingerprint density at radius 1 is 0.881 bits per heavy atom. The number of nitrogens with one attached hydrogen (secondary N) is 1. The summed E-state index contributed by atoms with van der Waals surface area (Å²) in [5.41, 5.74) is 2.10. The van der Waals surface area contributed by atoms with E-state index in [1.807, 2.05) is 75.4 Å². The highest BCUT2D eigenvalue weighted by Crippen LogP contribution is 2.38. The molecule has 0 bridgehead atoms. The van der Waals surface area contributed by atoms with E-state index in [1.165, 1.54) is 4.31 Å². The molecule has 0 aliphatic carbocycles. The fourth-order valence-electron chi connectivity index (χ4n) is 5.87. The average Bonchev–Trinajstić information content (AvgIpc) is 2.99. The summed E-state index contributed by atoms with van der Waals surface area (Å²) in [7, 11) is -3.85. The van der Waals surface area contributed by atoms with E-state index in [0.717, 1.165) is 23.2 Å². The Bertz CT molecular complexity index is 1510. The van der Waals surface area contributed by atoms with Crippen LogP contribution in [-0.4, -0.2) is 49.5 Å². The quantitative estimate of drug-likeness (QED) is 0.398. The second kappa shape index (κ2) is 12.3. The molecule has 2 heterocycles. The van der Waals surface area contributed by atoms with Crippen molar-refractivity contribution in [2.24, 2.45) is 5.92 Å². The molecule has 222 valence electrons. The predicted molar refractivity (Wildman–Crippen MR) is 163 cm³/mol. The number of anilines is 1. The largest absolute Gasteiger partial charge is 0.443 e. The molecule has 2 amide bonds. The van der Waals surface area contributed by atoms with E-state index in [1.54, 1.807) is 35.2 Å². The second-order valence-electron chi connectivity index (χ2n) is 12.0. The summed E-state index contributed by atoms with van der Waals surface area (Å²) < 4.78 is 34.9. The molecule has 3 aromatic carbocycles. The summed E-state index contributed by atoms with van der Waals surface area (Å²) in [6.07, 6.45) is 2.08. The average molecular weight is 590 g/mol.